The van der Waals surface area contributed by atoms with Crippen molar-refractivity contribution in [1.82, 2.24) is 4.98 Å². The molecule has 12 heavy (non-hydrogen) atoms. The molecule has 0 fully saturated rings. The molecule has 0 aromatic carbocycles. The molecule has 0 aliphatic carbocycles. The van der Waals surface area contributed by atoms with E-state index >= 15 is 0 Å². The van der Waals surface area contributed by atoms with Gasteiger partial charge < -0.3 is 4.74 Å². The Labute approximate surface area is 73.6 Å². The Kier molecular flexibility index (Phi) is 3.23. The summed E-state index contributed by atoms with van der Waals surface area (Å²) in [6.45, 7) is 4.97. The fourth-order valence-corrected chi connectivity index (χ4v) is 1.07. The average molecular weight is 165 g/mol. The summed E-state index contributed by atoms with van der Waals surface area (Å²) in [4.78, 5) is 4.14. The molecule has 2 nitrogen and oxygen atoms in total. The summed E-state index contributed by atoms with van der Waals surface area (Å²) in [5, 5.41) is 0. The maximum absolute atomic E-state index is 5.02. The van der Waals surface area contributed by atoms with Crippen LogP contribution in [-0.4, -0.2) is 12.1 Å². The Morgan fingerprint density at radius 3 is 2.75 bits per heavy atom. The van der Waals surface area contributed by atoms with Crippen molar-refractivity contribution in [2.24, 2.45) is 0 Å². The highest BCUT2D eigenvalue weighted by atomic mass is 16.5. The third-order valence-electron chi connectivity index (χ3n) is 1.79. The molecule has 1 rings (SSSR count). The molecule has 0 atom stereocenters. The lowest BCUT2D eigenvalue weighted by atomic mass is 10.0. The van der Waals surface area contributed by atoms with Crippen molar-refractivity contribution in [2.75, 3.05) is 7.11 Å². The smallest absolute Gasteiger partial charge is 0.0728 e. The van der Waals surface area contributed by atoms with Crippen LogP contribution in [0.1, 0.15) is 30.9 Å². The predicted molar refractivity (Wildman–Crippen MR) is 49.0 cm³/mol. The molecule has 0 unspecified atom stereocenters. The highest BCUT2D eigenvalue weighted by Crippen LogP contribution is 2.14. The van der Waals surface area contributed by atoms with Crippen molar-refractivity contribution >= 4 is 0 Å². The SMILES string of the molecule is COCc1cncc(C(C)C)c1. The minimum absolute atomic E-state index is 0.536. The summed E-state index contributed by atoms with van der Waals surface area (Å²) in [5.74, 6) is 0.536. The maximum atomic E-state index is 5.02. The molecule has 0 radical (unpaired) electrons. The van der Waals surface area contributed by atoms with E-state index in [2.05, 4.69) is 24.9 Å². The first-order valence-electron chi connectivity index (χ1n) is 4.16. The van der Waals surface area contributed by atoms with E-state index in [9.17, 15) is 0 Å². The molecule has 2 heteroatoms. The topological polar surface area (TPSA) is 22.1 Å². The zero-order valence-corrected chi connectivity index (χ0v) is 7.87. The summed E-state index contributed by atoms with van der Waals surface area (Å²) in [7, 11) is 1.70. The summed E-state index contributed by atoms with van der Waals surface area (Å²) in [6, 6.07) is 2.14. The summed E-state index contributed by atoms with van der Waals surface area (Å²) in [6.07, 6.45) is 3.75. The molecule has 0 saturated carbocycles. The Hall–Kier alpha value is -0.890. The third-order valence-corrected chi connectivity index (χ3v) is 1.79. The average Bonchev–Trinajstić information content (AvgIpc) is 2.05. The number of nitrogens with zero attached hydrogens (tertiary/aromatic N) is 1. The number of ether oxygens (including phenoxy) is 1. The van der Waals surface area contributed by atoms with Crippen LogP contribution in [0.15, 0.2) is 18.5 Å². The van der Waals surface area contributed by atoms with Gasteiger partial charge in [0.05, 0.1) is 6.61 Å². The largest absolute Gasteiger partial charge is 0.380 e. The number of methoxy groups -OCH3 is 1. The van der Waals surface area contributed by atoms with E-state index in [1.807, 2.05) is 12.4 Å². The van der Waals surface area contributed by atoms with E-state index in [1.54, 1.807) is 7.11 Å². The van der Waals surface area contributed by atoms with E-state index in [4.69, 9.17) is 4.74 Å². The minimum Gasteiger partial charge on any atom is -0.380 e. The quantitative estimate of drug-likeness (QED) is 0.686. The summed E-state index contributed by atoms with van der Waals surface area (Å²) < 4.78 is 5.02. The first-order chi connectivity index (χ1) is 5.74. The molecule has 0 N–H and O–H groups in total. The Bertz CT molecular complexity index is 245. The number of pyridine rings is 1. The molecule has 0 aliphatic heterocycles. The van der Waals surface area contributed by atoms with E-state index < -0.39 is 0 Å². The van der Waals surface area contributed by atoms with Crippen LogP contribution in [0.25, 0.3) is 0 Å². The first kappa shape index (κ1) is 9.20. The molecule has 1 aromatic heterocycles. The van der Waals surface area contributed by atoms with Gasteiger partial charge >= 0.3 is 0 Å². The maximum Gasteiger partial charge on any atom is 0.0728 e. The van der Waals surface area contributed by atoms with Crippen LogP contribution in [0.5, 0.6) is 0 Å². The lowest BCUT2D eigenvalue weighted by Gasteiger charge is -2.06. The van der Waals surface area contributed by atoms with E-state index in [1.165, 1.54) is 5.56 Å². The van der Waals surface area contributed by atoms with Gasteiger partial charge in [-0.05, 0) is 17.0 Å². The highest BCUT2D eigenvalue weighted by molar-refractivity contribution is 5.20. The van der Waals surface area contributed by atoms with Gasteiger partial charge in [0.2, 0.25) is 0 Å². The molecule has 0 spiro atoms. The standard InChI is InChI=1S/C10H15NO/c1-8(2)10-4-9(7-12-3)5-11-6-10/h4-6,8H,7H2,1-3H3. The summed E-state index contributed by atoms with van der Waals surface area (Å²) in [5.41, 5.74) is 2.41. The van der Waals surface area contributed by atoms with Crippen molar-refractivity contribution in [3.8, 4) is 0 Å². The monoisotopic (exact) mass is 165 g/mol. The van der Waals surface area contributed by atoms with Crippen LogP contribution < -0.4 is 0 Å². The van der Waals surface area contributed by atoms with Gasteiger partial charge in [0.15, 0.2) is 0 Å². The van der Waals surface area contributed by atoms with E-state index in [-0.39, 0.29) is 0 Å². The fourth-order valence-electron chi connectivity index (χ4n) is 1.07. The third kappa shape index (κ3) is 2.31. The van der Waals surface area contributed by atoms with E-state index in [0.717, 1.165) is 5.56 Å². The van der Waals surface area contributed by atoms with Crippen molar-refractivity contribution in [3.05, 3.63) is 29.6 Å². The Morgan fingerprint density at radius 2 is 2.17 bits per heavy atom. The minimum atomic E-state index is 0.536. The Balaban J connectivity index is 2.81. The number of hydrogen-bond donors (Lipinski definition) is 0. The van der Waals surface area contributed by atoms with Gasteiger partial charge in [-0.15, -0.1) is 0 Å². The molecule has 66 valence electrons. The van der Waals surface area contributed by atoms with Crippen molar-refractivity contribution in [3.63, 3.8) is 0 Å². The molecular formula is C10H15NO. The first-order valence-corrected chi connectivity index (χ1v) is 4.16. The zero-order chi connectivity index (χ0) is 8.97. The highest BCUT2D eigenvalue weighted by Gasteiger charge is 2.00. The van der Waals surface area contributed by atoms with Crippen molar-refractivity contribution in [2.45, 2.75) is 26.4 Å². The number of aromatic nitrogens is 1. The summed E-state index contributed by atoms with van der Waals surface area (Å²) >= 11 is 0. The van der Waals surface area contributed by atoms with Crippen LogP contribution in [0.3, 0.4) is 0 Å². The van der Waals surface area contributed by atoms with Gasteiger partial charge in [0.25, 0.3) is 0 Å². The normalized spacial score (nSPS) is 10.7. The van der Waals surface area contributed by atoms with Gasteiger partial charge in [0.1, 0.15) is 0 Å². The van der Waals surface area contributed by atoms with Gasteiger partial charge in [-0.2, -0.15) is 0 Å². The van der Waals surface area contributed by atoms with Crippen LogP contribution in [0.4, 0.5) is 0 Å². The molecule has 1 aromatic rings. The zero-order valence-electron chi connectivity index (χ0n) is 7.87. The molecule has 0 aliphatic rings. The molecule has 1 heterocycles. The second-order valence-corrected chi connectivity index (χ2v) is 3.21. The van der Waals surface area contributed by atoms with Crippen molar-refractivity contribution in [1.29, 1.82) is 0 Å². The second kappa shape index (κ2) is 4.21. The van der Waals surface area contributed by atoms with Gasteiger partial charge in [-0.1, -0.05) is 19.9 Å². The van der Waals surface area contributed by atoms with Crippen LogP contribution in [-0.2, 0) is 11.3 Å². The predicted octanol–water partition coefficient (Wildman–Crippen LogP) is 2.35. The number of rotatable bonds is 3. The Morgan fingerprint density at radius 1 is 1.42 bits per heavy atom. The van der Waals surface area contributed by atoms with Gasteiger partial charge in [0, 0.05) is 19.5 Å². The van der Waals surface area contributed by atoms with Crippen molar-refractivity contribution < 1.29 is 4.74 Å². The molecule has 0 saturated heterocycles. The van der Waals surface area contributed by atoms with Crippen LogP contribution >= 0.6 is 0 Å². The fraction of sp³-hybridized carbons (Fsp3) is 0.500. The van der Waals surface area contributed by atoms with Gasteiger partial charge in [-0.3, -0.25) is 4.98 Å². The van der Waals surface area contributed by atoms with E-state index in [0.29, 0.717) is 12.5 Å². The molecular weight excluding hydrogens is 150 g/mol. The molecule has 0 amide bonds. The van der Waals surface area contributed by atoms with Gasteiger partial charge in [-0.25, -0.2) is 0 Å². The lowest BCUT2D eigenvalue weighted by molar-refractivity contribution is 0.184. The second-order valence-electron chi connectivity index (χ2n) is 3.21. The number of hydrogen-bond acceptors (Lipinski definition) is 2. The lowest BCUT2D eigenvalue weighted by Crippen LogP contribution is -1.93. The van der Waals surface area contributed by atoms with Crippen LogP contribution in [0.2, 0.25) is 0 Å². The molecule has 0 bridgehead atoms. The van der Waals surface area contributed by atoms with Crippen LogP contribution in [0, 0.1) is 0 Å².